The SMILES string of the molecule is Cc1ccc(C)c(NC(=O)NCCc2ccc(CO)cc2)c1. The Hall–Kier alpha value is -2.33. The molecule has 3 N–H and O–H groups in total. The number of carbonyl (C=O) groups is 1. The lowest BCUT2D eigenvalue weighted by atomic mass is 10.1. The number of aliphatic hydroxyl groups excluding tert-OH is 1. The van der Waals surface area contributed by atoms with Crippen molar-refractivity contribution in [1.82, 2.24) is 5.32 Å². The van der Waals surface area contributed by atoms with Gasteiger partial charge in [-0.15, -0.1) is 0 Å². The average molecular weight is 298 g/mol. The summed E-state index contributed by atoms with van der Waals surface area (Å²) in [5.41, 5.74) is 5.02. The molecule has 2 amide bonds. The summed E-state index contributed by atoms with van der Waals surface area (Å²) in [7, 11) is 0. The zero-order valence-corrected chi connectivity index (χ0v) is 13.0. The number of amides is 2. The fourth-order valence-electron chi connectivity index (χ4n) is 2.17. The summed E-state index contributed by atoms with van der Waals surface area (Å²) in [6.45, 7) is 4.59. The Morgan fingerprint density at radius 1 is 1.05 bits per heavy atom. The van der Waals surface area contributed by atoms with Crippen molar-refractivity contribution < 1.29 is 9.90 Å². The number of hydrogen-bond acceptors (Lipinski definition) is 2. The molecule has 116 valence electrons. The Bertz CT molecular complexity index is 636. The summed E-state index contributed by atoms with van der Waals surface area (Å²) >= 11 is 0. The van der Waals surface area contributed by atoms with E-state index in [2.05, 4.69) is 10.6 Å². The molecule has 2 aromatic carbocycles. The second kappa shape index (κ2) is 7.61. The van der Waals surface area contributed by atoms with Gasteiger partial charge >= 0.3 is 6.03 Å². The predicted molar refractivity (Wildman–Crippen MR) is 89.0 cm³/mol. The largest absolute Gasteiger partial charge is 0.392 e. The van der Waals surface area contributed by atoms with E-state index in [4.69, 9.17) is 5.11 Å². The Balaban J connectivity index is 1.81. The molecule has 22 heavy (non-hydrogen) atoms. The van der Waals surface area contributed by atoms with Crippen molar-refractivity contribution in [2.45, 2.75) is 26.9 Å². The lowest BCUT2D eigenvalue weighted by Crippen LogP contribution is -2.30. The number of rotatable bonds is 5. The molecule has 0 saturated carbocycles. The van der Waals surface area contributed by atoms with E-state index in [0.29, 0.717) is 6.54 Å². The van der Waals surface area contributed by atoms with Crippen molar-refractivity contribution in [2.24, 2.45) is 0 Å². The molecule has 0 aliphatic heterocycles. The van der Waals surface area contributed by atoms with E-state index in [9.17, 15) is 4.79 Å². The molecular formula is C18H22N2O2. The molecule has 0 saturated heterocycles. The number of aryl methyl sites for hydroxylation is 2. The molecule has 0 aliphatic carbocycles. The van der Waals surface area contributed by atoms with Gasteiger partial charge < -0.3 is 15.7 Å². The zero-order chi connectivity index (χ0) is 15.9. The van der Waals surface area contributed by atoms with E-state index in [1.165, 1.54) is 0 Å². The van der Waals surface area contributed by atoms with E-state index in [0.717, 1.165) is 34.4 Å². The van der Waals surface area contributed by atoms with Crippen molar-refractivity contribution in [1.29, 1.82) is 0 Å². The van der Waals surface area contributed by atoms with Gasteiger partial charge in [0.25, 0.3) is 0 Å². The maximum atomic E-state index is 11.9. The Morgan fingerprint density at radius 3 is 2.41 bits per heavy atom. The first-order valence-corrected chi connectivity index (χ1v) is 7.39. The van der Waals surface area contributed by atoms with Gasteiger partial charge in [0.2, 0.25) is 0 Å². The molecule has 0 radical (unpaired) electrons. The molecule has 4 nitrogen and oxygen atoms in total. The number of aliphatic hydroxyl groups is 1. The fraction of sp³-hybridized carbons (Fsp3) is 0.278. The third-order valence-electron chi connectivity index (χ3n) is 3.55. The first-order valence-electron chi connectivity index (χ1n) is 7.39. The molecule has 0 spiro atoms. The van der Waals surface area contributed by atoms with Gasteiger partial charge in [0.1, 0.15) is 0 Å². The highest BCUT2D eigenvalue weighted by Crippen LogP contribution is 2.16. The summed E-state index contributed by atoms with van der Waals surface area (Å²) in [6, 6.07) is 13.5. The average Bonchev–Trinajstić information content (AvgIpc) is 2.51. The third kappa shape index (κ3) is 4.60. The van der Waals surface area contributed by atoms with Crippen LogP contribution in [0.1, 0.15) is 22.3 Å². The lowest BCUT2D eigenvalue weighted by molar-refractivity contribution is 0.252. The maximum Gasteiger partial charge on any atom is 0.319 e. The second-order valence-electron chi connectivity index (χ2n) is 5.42. The van der Waals surface area contributed by atoms with Crippen molar-refractivity contribution in [3.63, 3.8) is 0 Å². The van der Waals surface area contributed by atoms with Crippen LogP contribution in [0.15, 0.2) is 42.5 Å². The van der Waals surface area contributed by atoms with Crippen molar-refractivity contribution in [2.75, 3.05) is 11.9 Å². The molecule has 2 rings (SSSR count). The van der Waals surface area contributed by atoms with Crippen LogP contribution in [0.5, 0.6) is 0 Å². The minimum absolute atomic E-state index is 0.0524. The van der Waals surface area contributed by atoms with Crippen molar-refractivity contribution >= 4 is 11.7 Å². The Labute approximate surface area is 131 Å². The van der Waals surface area contributed by atoms with Crippen LogP contribution in [0.2, 0.25) is 0 Å². The van der Waals surface area contributed by atoms with Gasteiger partial charge in [-0.25, -0.2) is 4.79 Å². The van der Waals surface area contributed by atoms with Gasteiger partial charge in [-0.05, 0) is 48.6 Å². The first kappa shape index (κ1) is 16.0. The number of urea groups is 1. The maximum absolute atomic E-state index is 11.9. The first-order chi connectivity index (χ1) is 10.6. The van der Waals surface area contributed by atoms with Gasteiger partial charge in [-0.1, -0.05) is 36.4 Å². The molecule has 2 aromatic rings. The minimum Gasteiger partial charge on any atom is -0.392 e. The van der Waals surface area contributed by atoms with Crippen LogP contribution in [0.3, 0.4) is 0 Å². The van der Waals surface area contributed by atoms with Crippen LogP contribution < -0.4 is 10.6 Å². The highest BCUT2D eigenvalue weighted by Gasteiger charge is 2.04. The van der Waals surface area contributed by atoms with Crippen LogP contribution >= 0.6 is 0 Å². The lowest BCUT2D eigenvalue weighted by Gasteiger charge is -2.11. The summed E-state index contributed by atoms with van der Waals surface area (Å²) < 4.78 is 0. The highest BCUT2D eigenvalue weighted by atomic mass is 16.3. The second-order valence-corrected chi connectivity index (χ2v) is 5.42. The molecular weight excluding hydrogens is 276 g/mol. The van der Waals surface area contributed by atoms with E-state index < -0.39 is 0 Å². The van der Waals surface area contributed by atoms with Crippen molar-refractivity contribution in [3.05, 3.63) is 64.7 Å². The quantitative estimate of drug-likeness (QED) is 0.794. The monoisotopic (exact) mass is 298 g/mol. The minimum atomic E-state index is -0.194. The van der Waals surface area contributed by atoms with Crippen LogP contribution in [-0.4, -0.2) is 17.7 Å². The van der Waals surface area contributed by atoms with Gasteiger partial charge in [0.15, 0.2) is 0 Å². The standard InChI is InChI=1S/C18H22N2O2/c1-13-3-4-14(2)17(11-13)20-18(22)19-10-9-15-5-7-16(12-21)8-6-15/h3-8,11,21H,9-10,12H2,1-2H3,(H2,19,20,22). The number of hydrogen-bond donors (Lipinski definition) is 3. The fourth-order valence-corrected chi connectivity index (χ4v) is 2.17. The molecule has 0 atom stereocenters. The van der Waals surface area contributed by atoms with Crippen LogP contribution in [0, 0.1) is 13.8 Å². The molecule has 0 heterocycles. The highest BCUT2D eigenvalue weighted by molar-refractivity contribution is 5.90. The van der Waals surface area contributed by atoms with E-state index in [1.54, 1.807) is 0 Å². The number of benzene rings is 2. The summed E-state index contributed by atoms with van der Waals surface area (Å²) in [4.78, 5) is 11.9. The van der Waals surface area contributed by atoms with Crippen LogP contribution in [0.25, 0.3) is 0 Å². The van der Waals surface area contributed by atoms with E-state index in [-0.39, 0.29) is 12.6 Å². The van der Waals surface area contributed by atoms with E-state index in [1.807, 2.05) is 56.3 Å². The summed E-state index contributed by atoms with van der Waals surface area (Å²) in [5, 5.41) is 14.7. The molecule has 0 unspecified atom stereocenters. The molecule has 4 heteroatoms. The molecule has 0 fully saturated rings. The molecule has 0 aliphatic rings. The van der Waals surface area contributed by atoms with Gasteiger partial charge in [-0.2, -0.15) is 0 Å². The molecule has 0 aromatic heterocycles. The van der Waals surface area contributed by atoms with Crippen LogP contribution in [-0.2, 0) is 13.0 Å². The zero-order valence-electron chi connectivity index (χ0n) is 13.0. The van der Waals surface area contributed by atoms with Gasteiger partial charge in [0, 0.05) is 12.2 Å². The van der Waals surface area contributed by atoms with E-state index >= 15 is 0 Å². The smallest absolute Gasteiger partial charge is 0.319 e. The van der Waals surface area contributed by atoms with Gasteiger partial charge in [-0.3, -0.25) is 0 Å². The third-order valence-corrected chi connectivity index (χ3v) is 3.55. The van der Waals surface area contributed by atoms with Crippen molar-refractivity contribution in [3.8, 4) is 0 Å². The summed E-state index contributed by atoms with van der Waals surface area (Å²) in [6.07, 6.45) is 0.756. The molecule has 0 bridgehead atoms. The number of anilines is 1. The Morgan fingerprint density at radius 2 is 1.73 bits per heavy atom. The number of nitrogens with one attached hydrogen (secondary N) is 2. The number of carbonyl (C=O) groups excluding carboxylic acids is 1. The predicted octanol–water partition coefficient (Wildman–Crippen LogP) is 3.16. The van der Waals surface area contributed by atoms with Crippen LogP contribution in [0.4, 0.5) is 10.5 Å². The summed E-state index contributed by atoms with van der Waals surface area (Å²) in [5.74, 6) is 0. The Kier molecular flexibility index (Phi) is 5.55. The normalized spacial score (nSPS) is 10.3. The topological polar surface area (TPSA) is 61.4 Å². The van der Waals surface area contributed by atoms with Gasteiger partial charge in [0.05, 0.1) is 6.61 Å².